The minimum absolute atomic E-state index is 0.239. The standard InChI is InChI=1S/C14H18N2O3S/c1-3-4-5-10-14(17)15-11-12-8-6-7-9-13(12)16-20(2,18)19/h3-10,16H,11H2,1-2H3,(H,15,17)/b4-3+,10-5+. The molecule has 6 heteroatoms. The quantitative estimate of drug-likeness (QED) is 0.620. The van der Waals surface area contributed by atoms with Crippen LogP contribution in [-0.4, -0.2) is 20.6 Å². The molecule has 5 nitrogen and oxygen atoms in total. The Hall–Kier alpha value is -2.08. The topological polar surface area (TPSA) is 75.3 Å². The Kier molecular flexibility index (Phi) is 5.99. The van der Waals surface area contributed by atoms with Gasteiger partial charge in [-0.25, -0.2) is 8.42 Å². The average molecular weight is 294 g/mol. The third kappa shape index (κ3) is 6.19. The average Bonchev–Trinajstić information content (AvgIpc) is 2.36. The molecule has 0 aliphatic carbocycles. The molecule has 0 unspecified atom stereocenters. The van der Waals surface area contributed by atoms with E-state index in [2.05, 4.69) is 10.0 Å². The first-order chi connectivity index (χ1) is 9.42. The van der Waals surface area contributed by atoms with Gasteiger partial charge in [0.15, 0.2) is 0 Å². The fourth-order valence-corrected chi connectivity index (χ4v) is 2.07. The summed E-state index contributed by atoms with van der Waals surface area (Å²) >= 11 is 0. The summed E-state index contributed by atoms with van der Waals surface area (Å²) in [5.41, 5.74) is 1.17. The van der Waals surface area contributed by atoms with Crippen LogP contribution in [0.1, 0.15) is 12.5 Å². The van der Waals surface area contributed by atoms with Crippen LogP contribution in [0.15, 0.2) is 48.6 Å². The highest BCUT2D eigenvalue weighted by Gasteiger charge is 2.07. The highest BCUT2D eigenvalue weighted by Crippen LogP contribution is 2.15. The summed E-state index contributed by atoms with van der Waals surface area (Å²) in [6.45, 7) is 2.10. The van der Waals surface area contributed by atoms with E-state index in [9.17, 15) is 13.2 Å². The second kappa shape index (κ2) is 7.49. The maximum Gasteiger partial charge on any atom is 0.244 e. The van der Waals surface area contributed by atoms with Gasteiger partial charge in [-0.1, -0.05) is 36.4 Å². The van der Waals surface area contributed by atoms with Crippen molar-refractivity contribution in [2.75, 3.05) is 11.0 Å². The second-order valence-electron chi connectivity index (χ2n) is 4.13. The molecule has 0 heterocycles. The molecule has 1 aromatic carbocycles. The second-order valence-corrected chi connectivity index (χ2v) is 5.88. The molecule has 0 bridgehead atoms. The van der Waals surface area contributed by atoms with Crippen molar-refractivity contribution >= 4 is 21.6 Å². The highest BCUT2D eigenvalue weighted by atomic mass is 32.2. The first-order valence-electron chi connectivity index (χ1n) is 6.05. The largest absolute Gasteiger partial charge is 0.348 e. The molecule has 1 aromatic rings. The van der Waals surface area contributed by atoms with Gasteiger partial charge in [-0.3, -0.25) is 9.52 Å². The summed E-state index contributed by atoms with van der Waals surface area (Å²) in [6, 6.07) is 6.91. The van der Waals surface area contributed by atoms with Crippen molar-refractivity contribution in [2.24, 2.45) is 0 Å². The van der Waals surface area contributed by atoms with E-state index in [4.69, 9.17) is 0 Å². The lowest BCUT2D eigenvalue weighted by molar-refractivity contribution is -0.116. The zero-order valence-electron chi connectivity index (χ0n) is 11.5. The molecule has 0 aromatic heterocycles. The molecule has 2 N–H and O–H groups in total. The van der Waals surface area contributed by atoms with E-state index >= 15 is 0 Å². The highest BCUT2D eigenvalue weighted by molar-refractivity contribution is 7.92. The third-order valence-corrected chi connectivity index (χ3v) is 2.91. The van der Waals surface area contributed by atoms with Gasteiger partial charge in [0, 0.05) is 12.6 Å². The van der Waals surface area contributed by atoms with Crippen molar-refractivity contribution < 1.29 is 13.2 Å². The molecule has 0 radical (unpaired) electrons. The number of rotatable bonds is 6. The van der Waals surface area contributed by atoms with Crippen molar-refractivity contribution in [1.29, 1.82) is 0 Å². The van der Waals surface area contributed by atoms with Gasteiger partial charge < -0.3 is 5.32 Å². The number of nitrogens with one attached hydrogen (secondary N) is 2. The van der Waals surface area contributed by atoms with Gasteiger partial charge in [0.05, 0.1) is 11.9 Å². The monoisotopic (exact) mass is 294 g/mol. The molecule has 1 amide bonds. The first-order valence-corrected chi connectivity index (χ1v) is 7.94. The summed E-state index contributed by atoms with van der Waals surface area (Å²) in [5.74, 6) is -0.239. The van der Waals surface area contributed by atoms with Gasteiger partial charge in [0.25, 0.3) is 0 Å². The number of hydrogen-bond acceptors (Lipinski definition) is 3. The predicted molar refractivity (Wildman–Crippen MR) is 80.7 cm³/mol. The maximum atomic E-state index is 11.5. The Morgan fingerprint density at radius 2 is 1.95 bits per heavy atom. The van der Waals surface area contributed by atoms with Gasteiger partial charge >= 0.3 is 0 Å². The minimum atomic E-state index is -3.34. The first kappa shape index (κ1) is 16.0. The summed E-state index contributed by atoms with van der Waals surface area (Å²) in [7, 11) is -3.34. The SMILES string of the molecule is C/C=C/C=C/C(=O)NCc1ccccc1NS(C)(=O)=O. The van der Waals surface area contributed by atoms with Crippen LogP contribution < -0.4 is 10.0 Å². The van der Waals surface area contributed by atoms with Gasteiger partial charge in [-0.05, 0) is 18.6 Å². The van der Waals surface area contributed by atoms with Crippen LogP contribution in [-0.2, 0) is 21.4 Å². The van der Waals surface area contributed by atoms with E-state index in [1.807, 2.05) is 13.0 Å². The zero-order chi connectivity index (χ0) is 15.0. The predicted octanol–water partition coefficient (Wildman–Crippen LogP) is 1.81. The van der Waals surface area contributed by atoms with E-state index in [0.717, 1.165) is 6.26 Å². The Bertz CT molecular complexity index is 619. The van der Waals surface area contributed by atoms with Crippen molar-refractivity contribution in [2.45, 2.75) is 13.5 Å². The summed E-state index contributed by atoms with van der Waals surface area (Å²) in [4.78, 5) is 11.5. The van der Waals surface area contributed by atoms with Crippen LogP contribution in [0.5, 0.6) is 0 Å². The Morgan fingerprint density at radius 3 is 2.60 bits per heavy atom. The summed E-state index contributed by atoms with van der Waals surface area (Å²) < 4.78 is 24.9. The number of sulfonamides is 1. The van der Waals surface area contributed by atoms with Crippen LogP contribution in [0.25, 0.3) is 0 Å². The van der Waals surface area contributed by atoms with Crippen LogP contribution in [0, 0.1) is 0 Å². The van der Waals surface area contributed by atoms with Crippen molar-refractivity contribution in [1.82, 2.24) is 5.32 Å². The molecular formula is C14H18N2O3S. The maximum absolute atomic E-state index is 11.5. The molecule has 108 valence electrons. The lowest BCUT2D eigenvalue weighted by Crippen LogP contribution is -2.21. The fraction of sp³-hybridized carbons (Fsp3) is 0.214. The molecule has 0 aliphatic rings. The molecular weight excluding hydrogens is 276 g/mol. The van der Waals surface area contributed by atoms with Gasteiger partial charge in [0.1, 0.15) is 0 Å². The number of hydrogen-bond donors (Lipinski definition) is 2. The number of para-hydroxylation sites is 1. The number of carbonyl (C=O) groups excluding carboxylic acids is 1. The Balaban J connectivity index is 2.71. The number of allylic oxidation sites excluding steroid dienone is 3. The third-order valence-electron chi connectivity index (χ3n) is 2.32. The molecule has 0 aliphatic heterocycles. The molecule has 0 saturated heterocycles. The molecule has 0 atom stereocenters. The molecule has 0 spiro atoms. The Morgan fingerprint density at radius 1 is 1.25 bits per heavy atom. The van der Waals surface area contributed by atoms with Crippen LogP contribution >= 0.6 is 0 Å². The lowest BCUT2D eigenvalue weighted by atomic mass is 10.2. The van der Waals surface area contributed by atoms with Crippen LogP contribution in [0.3, 0.4) is 0 Å². The molecule has 1 rings (SSSR count). The molecule has 0 fully saturated rings. The normalized spacial score (nSPS) is 11.9. The van der Waals surface area contributed by atoms with Crippen molar-refractivity contribution in [3.8, 4) is 0 Å². The number of amides is 1. The number of benzene rings is 1. The number of carbonyl (C=O) groups is 1. The zero-order valence-corrected chi connectivity index (χ0v) is 12.3. The van der Waals surface area contributed by atoms with E-state index in [-0.39, 0.29) is 12.5 Å². The van der Waals surface area contributed by atoms with E-state index in [0.29, 0.717) is 11.3 Å². The molecule has 20 heavy (non-hydrogen) atoms. The lowest BCUT2D eigenvalue weighted by Gasteiger charge is -2.10. The van der Waals surface area contributed by atoms with Crippen LogP contribution in [0.4, 0.5) is 5.69 Å². The molecule has 0 saturated carbocycles. The smallest absolute Gasteiger partial charge is 0.244 e. The minimum Gasteiger partial charge on any atom is -0.348 e. The van der Waals surface area contributed by atoms with E-state index in [1.54, 1.807) is 36.4 Å². The number of anilines is 1. The Labute approximate surface area is 119 Å². The van der Waals surface area contributed by atoms with E-state index < -0.39 is 10.0 Å². The van der Waals surface area contributed by atoms with Crippen LogP contribution in [0.2, 0.25) is 0 Å². The van der Waals surface area contributed by atoms with Gasteiger partial charge in [-0.2, -0.15) is 0 Å². The fourth-order valence-electron chi connectivity index (χ4n) is 1.47. The summed E-state index contributed by atoms with van der Waals surface area (Å²) in [6.07, 6.45) is 7.69. The van der Waals surface area contributed by atoms with Gasteiger partial charge in [-0.15, -0.1) is 0 Å². The van der Waals surface area contributed by atoms with Crippen molar-refractivity contribution in [3.63, 3.8) is 0 Å². The summed E-state index contributed by atoms with van der Waals surface area (Å²) in [5, 5.41) is 2.69. The van der Waals surface area contributed by atoms with Crippen molar-refractivity contribution in [3.05, 3.63) is 54.1 Å². The van der Waals surface area contributed by atoms with E-state index in [1.165, 1.54) is 6.08 Å². The van der Waals surface area contributed by atoms with Gasteiger partial charge in [0.2, 0.25) is 15.9 Å².